The zero-order chi connectivity index (χ0) is 10.6. The topological polar surface area (TPSA) is 140 Å². The summed E-state index contributed by atoms with van der Waals surface area (Å²) in [7, 11) is 0. The predicted octanol–water partition coefficient (Wildman–Crippen LogP) is -7.37. The predicted molar refractivity (Wildman–Crippen MR) is 56.1 cm³/mol. The van der Waals surface area contributed by atoms with Crippen LogP contribution in [0.1, 0.15) is 22.2 Å². The first kappa shape index (κ1) is 43.6. The van der Waals surface area contributed by atoms with Crippen molar-refractivity contribution in [2.24, 2.45) is 5.16 Å². The van der Waals surface area contributed by atoms with Gasteiger partial charge in [0.15, 0.2) is 17.4 Å². The fourth-order valence-electron chi connectivity index (χ4n) is 0. The summed E-state index contributed by atoms with van der Waals surface area (Å²) < 4.78 is 0. The van der Waals surface area contributed by atoms with Crippen molar-refractivity contribution in [1.29, 1.82) is 0 Å². The number of rotatable bonds is 0. The molecule has 0 aromatic heterocycles. The molecule has 0 unspecified atom stereocenters. The number of aliphatic hydroxyl groups excluding tert-OH is 1. The zero-order valence-corrected chi connectivity index (χ0v) is 11.7. The van der Waals surface area contributed by atoms with E-state index in [1.807, 2.05) is 0 Å². The Hall–Kier alpha value is 0.950. The summed E-state index contributed by atoms with van der Waals surface area (Å²) in [5, 5.41) is 32.7. The van der Waals surface area contributed by atoms with Crippen molar-refractivity contribution in [3.8, 4) is 0 Å². The second kappa shape index (κ2) is 44.5. The van der Waals surface area contributed by atoms with Gasteiger partial charge in [0.25, 0.3) is 5.97 Å². The standard InChI is InChI=1S/C2H5NO.C2H6O2.C2H4O2.Al.Li.Na.H2O.4H/c1-2-3-4;2*1-2(3)4;;;;;;;;/h2,4H,1H3;2-4H,1H3;1H3,(H,3,4);;;;1H2;;;;/q;;;;2*+1;;;;;-1/p-1/b3-2+;;;;;;;;;;. The maximum absolute atomic E-state index is 9.00. The Morgan fingerprint density at radius 1 is 1.44 bits per heavy atom. The van der Waals surface area contributed by atoms with Crippen molar-refractivity contribution in [1.82, 2.24) is 0 Å². The van der Waals surface area contributed by atoms with Gasteiger partial charge in [-0.25, -0.2) is 0 Å². The molecule has 10 heteroatoms. The average Bonchev–Trinajstić information content (AvgIpc) is 1.85. The SMILES string of the molecule is C/C=N/O.CC(=O)O.CC(O)O.[AlH3].[H-].[Li+].[Na+].[OH-]. The maximum atomic E-state index is 9.00. The van der Waals surface area contributed by atoms with Crippen LogP contribution in [0.25, 0.3) is 0 Å². The number of carboxylic acid groups (broad SMARTS) is 1. The first-order chi connectivity index (χ1) is 5.38. The molecule has 0 fully saturated rings. The molecule has 0 saturated heterocycles. The average molecular weight is 259 g/mol. The number of aliphatic hydroxyl groups is 2. The Labute approximate surface area is 141 Å². The third-order valence-electron chi connectivity index (χ3n) is 0.115. The van der Waals surface area contributed by atoms with E-state index in [1.165, 1.54) is 13.1 Å². The number of hydrogen-bond acceptors (Lipinski definition) is 6. The molecule has 90 valence electrons. The number of hydrogen-bond donors (Lipinski definition) is 4. The van der Waals surface area contributed by atoms with Gasteiger partial charge in [0.05, 0.1) is 0 Å². The molecule has 5 N–H and O–H groups in total. The van der Waals surface area contributed by atoms with E-state index >= 15 is 0 Å². The largest absolute Gasteiger partial charge is 1.00 e. The van der Waals surface area contributed by atoms with Crippen molar-refractivity contribution >= 4 is 29.5 Å². The second-order valence-electron chi connectivity index (χ2n) is 1.52. The molecular weight excluding hydrogens is 239 g/mol. The van der Waals surface area contributed by atoms with E-state index in [4.69, 9.17) is 25.3 Å². The number of carbonyl (C=O) groups is 1. The van der Waals surface area contributed by atoms with Crippen LogP contribution in [0.15, 0.2) is 5.16 Å². The minimum atomic E-state index is -1.17. The molecule has 0 aromatic rings. The van der Waals surface area contributed by atoms with Gasteiger partial charge in [-0.1, -0.05) is 0 Å². The molecule has 0 bridgehead atoms. The Kier molecular flexibility index (Phi) is 121. The van der Waals surface area contributed by atoms with Crippen molar-refractivity contribution in [2.75, 3.05) is 0 Å². The third-order valence-corrected chi connectivity index (χ3v) is 0.115. The number of aliphatic carboxylic acids is 1. The molecule has 0 saturated carbocycles. The molecule has 7 nitrogen and oxygen atoms in total. The first-order valence-corrected chi connectivity index (χ1v) is 3.06. The van der Waals surface area contributed by atoms with Crippen molar-refractivity contribution in [3.63, 3.8) is 0 Å². The summed E-state index contributed by atoms with van der Waals surface area (Å²) in [5.41, 5.74) is 0. The molecule has 0 aliphatic carbocycles. The zero-order valence-electron chi connectivity index (χ0n) is 10.7. The Balaban J connectivity index is -0.0000000104. The van der Waals surface area contributed by atoms with Crippen LogP contribution in [0.3, 0.4) is 0 Å². The van der Waals surface area contributed by atoms with E-state index in [2.05, 4.69) is 5.16 Å². The Bertz CT molecular complexity index is 124. The summed E-state index contributed by atoms with van der Waals surface area (Å²) >= 11 is 0. The van der Waals surface area contributed by atoms with Gasteiger partial charge in [0.1, 0.15) is 6.29 Å². The monoisotopic (exact) mass is 259 g/mol. The van der Waals surface area contributed by atoms with Crippen molar-refractivity contribution < 1.29 is 80.6 Å². The summed E-state index contributed by atoms with van der Waals surface area (Å²) in [6.07, 6.45) is 0.139. The van der Waals surface area contributed by atoms with E-state index in [0.717, 1.165) is 6.92 Å². The van der Waals surface area contributed by atoms with Gasteiger partial charge in [0.2, 0.25) is 0 Å². The number of oxime groups is 1. The van der Waals surface area contributed by atoms with Crippen LogP contribution < -0.4 is 48.4 Å². The molecule has 0 aliphatic rings. The van der Waals surface area contributed by atoms with Gasteiger partial charge in [-0.15, -0.1) is 5.16 Å². The van der Waals surface area contributed by atoms with Crippen LogP contribution in [-0.4, -0.2) is 61.8 Å². The van der Waals surface area contributed by atoms with Crippen LogP contribution in [0, 0.1) is 0 Å². The molecular formula is C6H20AlLiNNaO6. The maximum Gasteiger partial charge on any atom is 1.00 e. The third kappa shape index (κ3) is 765. The Morgan fingerprint density at radius 2 is 1.50 bits per heavy atom. The minimum Gasteiger partial charge on any atom is -1.00 e. The van der Waals surface area contributed by atoms with Gasteiger partial charge in [-0.3, -0.25) is 4.79 Å². The van der Waals surface area contributed by atoms with Gasteiger partial charge in [-0.2, -0.15) is 0 Å². The van der Waals surface area contributed by atoms with Crippen LogP contribution in [0.4, 0.5) is 0 Å². The molecule has 0 atom stereocenters. The smallest absolute Gasteiger partial charge is 1.00 e. The summed E-state index contributed by atoms with van der Waals surface area (Å²) in [4.78, 5) is 9.00. The van der Waals surface area contributed by atoms with Crippen molar-refractivity contribution in [2.45, 2.75) is 27.1 Å². The van der Waals surface area contributed by atoms with Crippen LogP contribution in [-0.2, 0) is 4.79 Å². The molecule has 0 rings (SSSR count). The molecule has 16 heavy (non-hydrogen) atoms. The van der Waals surface area contributed by atoms with E-state index < -0.39 is 12.3 Å². The minimum absolute atomic E-state index is 0. The van der Waals surface area contributed by atoms with E-state index in [1.54, 1.807) is 6.92 Å². The van der Waals surface area contributed by atoms with Crippen LogP contribution >= 0.6 is 0 Å². The molecule has 0 amide bonds. The fraction of sp³-hybridized carbons (Fsp3) is 0.667. The molecule has 0 heterocycles. The molecule has 0 radical (unpaired) electrons. The first-order valence-electron chi connectivity index (χ1n) is 3.06. The van der Waals surface area contributed by atoms with Crippen molar-refractivity contribution in [3.05, 3.63) is 0 Å². The molecule has 0 aromatic carbocycles. The van der Waals surface area contributed by atoms with Gasteiger partial charge in [0, 0.05) is 13.1 Å². The molecule has 0 aliphatic heterocycles. The van der Waals surface area contributed by atoms with E-state index in [0.29, 0.717) is 0 Å². The van der Waals surface area contributed by atoms with Gasteiger partial charge >= 0.3 is 48.4 Å². The van der Waals surface area contributed by atoms with Gasteiger partial charge < -0.3 is 27.4 Å². The van der Waals surface area contributed by atoms with E-state index in [9.17, 15) is 0 Å². The quantitative estimate of drug-likeness (QED) is 0.112. The van der Waals surface area contributed by atoms with Crippen LogP contribution in [0.5, 0.6) is 0 Å². The molecule has 0 spiro atoms. The Morgan fingerprint density at radius 3 is 1.50 bits per heavy atom. The number of carboxylic acids is 1. The normalized spacial score (nSPS) is 6.12. The summed E-state index contributed by atoms with van der Waals surface area (Å²) in [6, 6.07) is 0. The second-order valence-corrected chi connectivity index (χ2v) is 1.52. The number of nitrogens with zero attached hydrogens (tertiary/aromatic N) is 1. The van der Waals surface area contributed by atoms with Crippen LogP contribution in [0.2, 0.25) is 0 Å². The summed E-state index contributed by atoms with van der Waals surface area (Å²) in [5.74, 6) is -0.833. The fourth-order valence-corrected chi connectivity index (χ4v) is 0. The summed E-state index contributed by atoms with van der Waals surface area (Å²) in [6.45, 7) is 4.00. The van der Waals surface area contributed by atoms with Gasteiger partial charge in [-0.05, 0) is 13.8 Å². The van der Waals surface area contributed by atoms with E-state index in [-0.39, 0.29) is 72.7 Å².